The van der Waals surface area contributed by atoms with E-state index in [1.165, 1.54) is 0 Å². The number of amides is 1. The molecule has 1 N–H and O–H groups in total. The van der Waals surface area contributed by atoms with Gasteiger partial charge >= 0.3 is 0 Å². The maximum Gasteiger partial charge on any atom is 0.266 e. The van der Waals surface area contributed by atoms with Gasteiger partial charge in [0.15, 0.2) is 0 Å². The van der Waals surface area contributed by atoms with Crippen LogP contribution in [-0.2, 0) is 11.3 Å². The lowest BCUT2D eigenvalue weighted by atomic mass is 10.1. The highest BCUT2D eigenvalue weighted by atomic mass is 35.5. The molecule has 1 amide bonds. The predicted octanol–water partition coefficient (Wildman–Crippen LogP) is 6.85. The molecule has 0 aliphatic rings. The van der Waals surface area contributed by atoms with Crippen molar-refractivity contribution < 1.29 is 4.79 Å². The molecule has 0 aliphatic carbocycles. The summed E-state index contributed by atoms with van der Waals surface area (Å²) in [6, 6.07) is 22.9. The van der Waals surface area contributed by atoms with Crippen molar-refractivity contribution in [2.24, 2.45) is 0 Å². The van der Waals surface area contributed by atoms with Crippen molar-refractivity contribution in [3.63, 3.8) is 0 Å². The number of nitrogens with zero attached hydrogens (tertiary/aromatic N) is 2. The lowest BCUT2D eigenvalue weighted by molar-refractivity contribution is -0.112. The van der Waals surface area contributed by atoms with Crippen LogP contribution in [0.25, 0.3) is 17.0 Å². The van der Waals surface area contributed by atoms with Crippen molar-refractivity contribution in [1.82, 2.24) is 4.57 Å². The van der Waals surface area contributed by atoms with E-state index in [9.17, 15) is 10.1 Å². The lowest BCUT2D eigenvalue weighted by Crippen LogP contribution is -2.13. The number of benzene rings is 3. The van der Waals surface area contributed by atoms with E-state index in [-0.39, 0.29) is 5.57 Å². The number of carbonyl (C=O) groups excluding carboxylic acids is 1. The summed E-state index contributed by atoms with van der Waals surface area (Å²) in [6.45, 7) is 2.54. The van der Waals surface area contributed by atoms with E-state index in [1.54, 1.807) is 12.1 Å². The fraction of sp³-hybridized carbons (Fsp3) is 0.0769. The summed E-state index contributed by atoms with van der Waals surface area (Å²) in [5, 5.41) is 14.4. The van der Waals surface area contributed by atoms with Crippen LogP contribution < -0.4 is 5.32 Å². The Morgan fingerprint density at radius 3 is 2.53 bits per heavy atom. The second-order valence-electron chi connectivity index (χ2n) is 7.47. The highest BCUT2D eigenvalue weighted by molar-refractivity contribution is 6.42. The Kier molecular flexibility index (Phi) is 6.32. The first kappa shape index (κ1) is 21.7. The Morgan fingerprint density at radius 2 is 1.81 bits per heavy atom. The van der Waals surface area contributed by atoms with Gasteiger partial charge in [-0.15, -0.1) is 0 Å². The summed E-state index contributed by atoms with van der Waals surface area (Å²) in [4.78, 5) is 12.7. The predicted molar refractivity (Wildman–Crippen MR) is 131 cm³/mol. The highest BCUT2D eigenvalue weighted by Gasteiger charge is 2.13. The number of rotatable bonds is 5. The molecule has 0 saturated carbocycles. The average Bonchev–Trinajstić information content (AvgIpc) is 3.13. The summed E-state index contributed by atoms with van der Waals surface area (Å²) >= 11 is 12.2. The van der Waals surface area contributed by atoms with Gasteiger partial charge in [0.2, 0.25) is 0 Å². The molecule has 0 aliphatic heterocycles. The third kappa shape index (κ3) is 4.70. The number of nitrogens with one attached hydrogen (secondary N) is 1. The first-order valence-corrected chi connectivity index (χ1v) is 10.7. The van der Waals surface area contributed by atoms with Gasteiger partial charge in [0.05, 0.1) is 10.0 Å². The normalized spacial score (nSPS) is 11.4. The molecule has 1 aromatic heterocycles. The van der Waals surface area contributed by atoms with Crippen LogP contribution in [0.4, 0.5) is 5.69 Å². The molecule has 4 nitrogen and oxygen atoms in total. The molecule has 3 aromatic carbocycles. The summed E-state index contributed by atoms with van der Waals surface area (Å²) in [6.07, 6.45) is 3.56. The molecule has 0 saturated heterocycles. The van der Waals surface area contributed by atoms with Crippen LogP contribution in [-0.4, -0.2) is 10.5 Å². The van der Waals surface area contributed by atoms with Gasteiger partial charge in [-0.05, 0) is 48.9 Å². The number of carbonyl (C=O) groups is 1. The molecular formula is C26H19Cl2N3O. The zero-order valence-corrected chi connectivity index (χ0v) is 18.8. The lowest BCUT2D eigenvalue weighted by Gasteiger charge is -2.06. The maximum atomic E-state index is 12.7. The van der Waals surface area contributed by atoms with Crippen molar-refractivity contribution >= 4 is 51.8 Å². The molecule has 0 unspecified atom stereocenters. The fourth-order valence-corrected chi connectivity index (χ4v) is 3.82. The van der Waals surface area contributed by atoms with E-state index in [2.05, 4.69) is 9.88 Å². The third-order valence-electron chi connectivity index (χ3n) is 5.13. The number of aryl methyl sites for hydroxylation is 1. The van der Waals surface area contributed by atoms with Crippen molar-refractivity contribution in [2.75, 3.05) is 5.32 Å². The van der Waals surface area contributed by atoms with Crippen LogP contribution in [0.15, 0.2) is 78.5 Å². The minimum atomic E-state index is -0.447. The molecule has 32 heavy (non-hydrogen) atoms. The Balaban J connectivity index is 1.67. The van der Waals surface area contributed by atoms with E-state index in [4.69, 9.17) is 23.2 Å². The Hall–Kier alpha value is -3.52. The van der Waals surface area contributed by atoms with Crippen LogP contribution in [0.2, 0.25) is 10.0 Å². The SMILES string of the molecule is Cc1ccc(NC(=O)/C(C#N)=C/c2cn(Cc3ccc(Cl)c(Cl)c3)c3ccccc23)cc1. The van der Waals surface area contributed by atoms with E-state index < -0.39 is 5.91 Å². The largest absolute Gasteiger partial charge is 0.342 e. The summed E-state index contributed by atoms with van der Waals surface area (Å²) in [5.41, 5.74) is 4.53. The van der Waals surface area contributed by atoms with Gasteiger partial charge in [0.1, 0.15) is 11.6 Å². The Morgan fingerprint density at radius 1 is 1.06 bits per heavy atom. The zero-order valence-electron chi connectivity index (χ0n) is 17.3. The summed E-state index contributed by atoms with van der Waals surface area (Å²) in [5.74, 6) is -0.447. The van der Waals surface area contributed by atoms with Crippen molar-refractivity contribution in [1.29, 1.82) is 5.26 Å². The monoisotopic (exact) mass is 459 g/mol. The molecule has 4 aromatic rings. The van der Waals surface area contributed by atoms with Crippen molar-refractivity contribution in [3.05, 3.63) is 105 Å². The standard InChI is InChI=1S/C26H19Cl2N3O/c1-17-6-9-21(10-7-17)30-26(32)19(14-29)13-20-16-31(25-5-3-2-4-22(20)25)15-18-8-11-23(27)24(28)12-18/h2-13,16H,15H2,1H3,(H,30,32)/b19-13+. The van der Waals surface area contributed by atoms with Gasteiger partial charge in [-0.1, -0.05) is 65.2 Å². The summed E-state index contributed by atoms with van der Waals surface area (Å²) in [7, 11) is 0. The quantitative estimate of drug-likeness (QED) is 0.262. The van der Waals surface area contributed by atoms with E-state index in [0.717, 1.165) is 27.6 Å². The molecule has 0 radical (unpaired) electrons. The molecule has 0 bridgehead atoms. The number of hydrogen-bond donors (Lipinski definition) is 1. The van der Waals surface area contributed by atoms with Gasteiger partial charge < -0.3 is 9.88 Å². The number of fused-ring (bicyclic) bond motifs is 1. The number of nitriles is 1. The topological polar surface area (TPSA) is 57.8 Å². The van der Waals surface area contributed by atoms with E-state index in [1.807, 2.05) is 79.9 Å². The number of para-hydroxylation sites is 1. The second kappa shape index (κ2) is 9.32. The molecule has 0 atom stereocenters. The van der Waals surface area contributed by atoms with E-state index >= 15 is 0 Å². The van der Waals surface area contributed by atoms with Gasteiger partial charge in [-0.25, -0.2) is 0 Å². The molecule has 0 fully saturated rings. The van der Waals surface area contributed by atoms with Crippen LogP contribution in [0.3, 0.4) is 0 Å². The van der Waals surface area contributed by atoms with Gasteiger partial charge in [-0.3, -0.25) is 4.79 Å². The van der Waals surface area contributed by atoms with Gasteiger partial charge in [0, 0.05) is 34.9 Å². The molecule has 1 heterocycles. The third-order valence-corrected chi connectivity index (χ3v) is 5.87. The van der Waals surface area contributed by atoms with Gasteiger partial charge in [-0.2, -0.15) is 5.26 Å². The van der Waals surface area contributed by atoms with E-state index in [0.29, 0.717) is 22.3 Å². The number of aromatic nitrogens is 1. The van der Waals surface area contributed by atoms with Crippen molar-refractivity contribution in [2.45, 2.75) is 13.5 Å². The number of hydrogen-bond acceptors (Lipinski definition) is 2. The molecule has 0 spiro atoms. The number of anilines is 1. The average molecular weight is 460 g/mol. The smallest absolute Gasteiger partial charge is 0.266 e. The number of halogens is 2. The molecule has 4 rings (SSSR count). The first-order valence-electron chi connectivity index (χ1n) is 9.96. The van der Waals surface area contributed by atoms with Gasteiger partial charge in [0.25, 0.3) is 5.91 Å². The maximum absolute atomic E-state index is 12.7. The highest BCUT2D eigenvalue weighted by Crippen LogP contribution is 2.27. The Bertz CT molecular complexity index is 1380. The minimum absolute atomic E-state index is 0.0306. The van der Waals surface area contributed by atoms with Crippen LogP contribution in [0.5, 0.6) is 0 Å². The Labute approximate surface area is 196 Å². The van der Waals surface area contributed by atoms with Crippen LogP contribution in [0.1, 0.15) is 16.7 Å². The summed E-state index contributed by atoms with van der Waals surface area (Å²) < 4.78 is 2.06. The minimum Gasteiger partial charge on any atom is -0.342 e. The first-order chi connectivity index (χ1) is 15.4. The van der Waals surface area contributed by atoms with Crippen LogP contribution >= 0.6 is 23.2 Å². The fourth-order valence-electron chi connectivity index (χ4n) is 3.50. The molecule has 158 valence electrons. The molecule has 6 heteroatoms. The zero-order chi connectivity index (χ0) is 22.7. The van der Waals surface area contributed by atoms with Crippen LogP contribution in [0, 0.1) is 18.3 Å². The molecular weight excluding hydrogens is 441 g/mol. The second-order valence-corrected chi connectivity index (χ2v) is 8.28. The van der Waals surface area contributed by atoms with Crippen molar-refractivity contribution in [3.8, 4) is 6.07 Å².